The van der Waals surface area contributed by atoms with E-state index in [1.807, 2.05) is 12.1 Å². The van der Waals surface area contributed by atoms with Crippen LogP contribution >= 0.6 is 11.6 Å². The van der Waals surface area contributed by atoms with Gasteiger partial charge >= 0.3 is 0 Å². The zero-order valence-corrected chi connectivity index (χ0v) is 10.3. The van der Waals surface area contributed by atoms with Gasteiger partial charge < -0.3 is 10.6 Å². The number of hydrogen-bond donors (Lipinski definition) is 2. The maximum absolute atomic E-state index is 5.84. The SMILES string of the molecule is Clc1ccc(CCNCC2CCCN2)cc1. The van der Waals surface area contributed by atoms with Gasteiger partial charge in [0, 0.05) is 17.6 Å². The van der Waals surface area contributed by atoms with Crippen LogP contribution in [0.4, 0.5) is 0 Å². The molecule has 0 radical (unpaired) electrons. The molecule has 16 heavy (non-hydrogen) atoms. The summed E-state index contributed by atoms with van der Waals surface area (Å²) >= 11 is 5.84. The number of hydrogen-bond acceptors (Lipinski definition) is 2. The molecule has 0 bridgehead atoms. The molecule has 0 aliphatic carbocycles. The third-order valence-electron chi connectivity index (χ3n) is 3.06. The smallest absolute Gasteiger partial charge is 0.0406 e. The molecule has 1 saturated heterocycles. The lowest BCUT2D eigenvalue weighted by atomic mass is 10.1. The van der Waals surface area contributed by atoms with E-state index >= 15 is 0 Å². The molecule has 1 fully saturated rings. The molecule has 0 spiro atoms. The average Bonchev–Trinajstić information content (AvgIpc) is 2.80. The van der Waals surface area contributed by atoms with Crippen molar-refractivity contribution in [1.82, 2.24) is 10.6 Å². The number of halogens is 1. The Hall–Kier alpha value is -0.570. The molecule has 0 aromatic heterocycles. The maximum Gasteiger partial charge on any atom is 0.0406 e. The molecule has 2 rings (SSSR count). The second kappa shape index (κ2) is 6.24. The summed E-state index contributed by atoms with van der Waals surface area (Å²) in [5, 5.41) is 7.79. The highest BCUT2D eigenvalue weighted by Crippen LogP contribution is 2.09. The van der Waals surface area contributed by atoms with Crippen molar-refractivity contribution < 1.29 is 0 Å². The molecule has 1 aromatic rings. The molecule has 0 amide bonds. The van der Waals surface area contributed by atoms with Gasteiger partial charge in [0.25, 0.3) is 0 Å². The summed E-state index contributed by atoms with van der Waals surface area (Å²) in [5.74, 6) is 0. The van der Waals surface area contributed by atoms with Gasteiger partial charge in [0.2, 0.25) is 0 Å². The van der Waals surface area contributed by atoms with Crippen LogP contribution in [0.1, 0.15) is 18.4 Å². The monoisotopic (exact) mass is 238 g/mol. The standard InChI is InChI=1S/C13H19ClN2/c14-12-5-3-11(4-6-12)7-9-15-10-13-2-1-8-16-13/h3-6,13,15-16H,1-2,7-10H2. The molecular weight excluding hydrogens is 220 g/mol. The van der Waals surface area contributed by atoms with Gasteiger partial charge in [-0.15, -0.1) is 0 Å². The lowest BCUT2D eigenvalue weighted by Crippen LogP contribution is -2.34. The van der Waals surface area contributed by atoms with Crippen LogP contribution in [0.5, 0.6) is 0 Å². The topological polar surface area (TPSA) is 24.1 Å². The predicted octanol–water partition coefficient (Wildman–Crippen LogP) is 2.22. The van der Waals surface area contributed by atoms with Gasteiger partial charge in [0.05, 0.1) is 0 Å². The first-order chi connectivity index (χ1) is 7.84. The van der Waals surface area contributed by atoms with E-state index in [4.69, 9.17) is 11.6 Å². The Morgan fingerprint density at radius 3 is 2.81 bits per heavy atom. The lowest BCUT2D eigenvalue weighted by molar-refractivity contribution is 0.537. The Morgan fingerprint density at radius 2 is 2.12 bits per heavy atom. The number of rotatable bonds is 5. The highest BCUT2D eigenvalue weighted by Gasteiger charge is 2.12. The molecule has 1 unspecified atom stereocenters. The molecule has 88 valence electrons. The minimum absolute atomic E-state index is 0.685. The summed E-state index contributed by atoms with van der Waals surface area (Å²) < 4.78 is 0. The van der Waals surface area contributed by atoms with Crippen molar-refractivity contribution in [2.24, 2.45) is 0 Å². The van der Waals surface area contributed by atoms with Crippen LogP contribution in [0.15, 0.2) is 24.3 Å². The Bertz CT molecular complexity index is 304. The number of benzene rings is 1. The molecule has 1 aromatic carbocycles. The Kier molecular flexibility index (Phi) is 4.64. The van der Waals surface area contributed by atoms with E-state index in [0.717, 1.165) is 24.5 Å². The van der Waals surface area contributed by atoms with Gasteiger partial charge in [-0.3, -0.25) is 0 Å². The van der Waals surface area contributed by atoms with Gasteiger partial charge in [0.15, 0.2) is 0 Å². The molecule has 2 N–H and O–H groups in total. The summed E-state index contributed by atoms with van der Waals surface area (Å²) in [6.07, 6.45) is 3.71. The maximum atomic E-state index is 5.84. The highest BCUT2D eigenvalue weighted by atomic mass is 35.5. The predicted molar refractivity (Wildman–Crippen MR) is 69.1 cm³/mol. The first-order valence-corrected chi connectivity index (χ1v) is 6.41. The molecule has 1 aliphatic heterocycles. The van der Waals surface area contributed by atoms with Gasteiger partial charge in [-0.25, -0.2) is 0 Å². The van der Waals surface area contributed by atoms with E-state index < -0.39 is 0 Å². The van der Waals surface area contributed by atoms with E-state index in [1.54, 1.807) is 0 Å². The van der Waals surface area contributed by atoms with Crippen molar-refractivity contribution in [1.29, 1.82) is 0 Å². The van der Waals surface area contributed by atoms with E-state index in [1.165, 1.54) is 24.9 Å². The summed E-state index contributed by atoms with van der Waals surface area (Å²) in [4.78, 5) is 0. The first kappa shape index (κ1) is 11.9. The average molecular weight is 239 g/mol. The first-order valence-electron chi connectivity index (χ1n) is 6.03. The lowest BCUT2D eigenvalue weighted by Gasteiger charge is -2.11. The highest BCUT2D eigenvalue weighted by molar-refractivity contribution is 6.30. The molecule has 0 saturated carbocycles. The molecule has 1 aliphatic rings. The zero-order valence-electron chi connectivity index (χ0n) is 9.51. The molecule has 3 heteroatoms. The normalized spacial score (nSPS) is 20.2. The second-order valence-electron chi connectivity index (χ2n) is 4.37. The minimum Gasteiger partial charge on any atom is -0.315 e. The van der Waals surface area contributed by atoms with Crippen LogP contribution in [-0.4, -0.2) is 25.7 Å². The van der Waals surface area contributed by atoms with Crippen LogP contribution in [0.3, 0.4) is 0 Å². The van der Waals surface area contributed by atoms with Crippen LogP contribution in [0.2, 0.25) is 5.02 Å². The van der Waals surface area contributed by atoms with E-state index in [9.17, 15) is 0 Å². The summed E-state index contributed by atoms with van der Waals surface area (Å²) in [7, 11) is 0. The van der Waals surface area contributed by atoms with E-state index in [0.29, 0.717) is 6.04 Å². The van der Waals surface area contributed by atoms with Gasteiger partial charge in [0.1, 0.15) is 0 Å². The Labute approximate surface area is 102 Å². The van der Waals surface area contributed by atoms with Crippen LogP contribution in [0, 0.1) is 0 Å². The van der Waals surface area contributed by atoms with Crippen LogP contribution in [-0.2, 0) is 6.42 Å². The van der Waals surface area contributed by atoms with Crippen LogP contribution in [0.25, 0.3) is 0 Å². The van der Waals surface area contributed by atoms with Gasteiger partial charge in [-0.2, -0.15) is 0 Å². The molecule has 1 atom stereocenters. The van der Waals surface area contributed by atoms with Crippen molar-refractivity contribution >= 4 is 11.6 Å². The summed E-state index contributed by atoms with van der Waals surface area (Å²) in [5.41, 5.74) is 1.34. The van der Waals surface area contributed by atoms with Gasteiger partial charge in [-0.05, 0) is 50.0 Å². The molecular formula is C13H19ClN2. The Morgan fingerprint density at radius 1 is 1.31 bits per heavy atom. The van der Waals surface area contributed by atoms with Crippen LogP contribution < -0.4 is 10.6 Å². The van der Waals surface area contributed by atoms with E-state index in [2.05, 4.69) is 22.8 Å². The van der Waals surface area contributed by atoms with Crippen molar-refractivity contribution in [3.63, 3.8) is 0 Å². The van der Waals surface area contributed by atoms with Crippen molar-refractivity contribution in [3.8, 4) is 0 Å². The molecule has 1 heterocycles. The van der Waals surface area contributed by atoms with Crippen molar-refractivity contribution in [2.45, 2.75) is 25.3 Å². The van der Waals surface area contributed by atoms with E-state index in [-0.39, 0.29) is 0 Å². The van der Waals surface area contributed by atoms with Crippen molar-refractivity contribution in [2.75, 3.05) is 19.6 Å². The fourth-order valence-electron chi connectivity index (χ4n) is 2.09. The third-order valence-corrected chi connectivity index (χ3v) is 3.31. The fraction of sp³-hybridized carbons (Fsp3) is 0.538. The Balaban J connectivity index is 1.62. The summed E-state index contributed by atoms with van der Waals surface area (Å²) in [6.45, 7) is 3.32. The largest absolute Gasteiger partial charge is 0.315 e. The van der Waals surface area contributed by atoms with Crippen molar-refractivity contribution in [3.05, 3.63) is 34.9 Å². The van der Waals surface area contributed by atoms with Gasteiger partial charge in [-0.1, -0.05) is 23.7 Å². The third kappa shape index (κ3) is 3.78. The number of nitrogens with one attached hydrogen (secondary N) is 2. The quantitative estimate of drug-likeness (QED) is 0.769. The summed E-state index contributed by atoms with van der Waals surface area (Å²) in [6, 6.07) is 8.78. The molecule has 2 nitrogen and oxygen atoms in total. The second-order valence-corrected chi connectivity index (χ2v) is 4.81. The zero-order chi connectivity index (χ0) is 11.2. The fourth-order valence-corrected chi connectivity index (χ4v) is 2.22. The minimum atomic E-state index is 0.685.